The third-order valence-corrected chi connectivity index (χ3v) is 5.41. The number of imidazole rings is 1. The minimum atomic E-state index is -0.586. The fraction of sp³-hybridized carbons (Fsp3) is 0.368. The molecule has 0 spiro atoms. The first-order valence-electron chi connectivity index (χ1n) is 8.97. The second kappa shape index (κ2) is 6.02. The Morgan fingerprint density at radius 1 is 1.15 bits per heavy atom. The van der Waals surface area contributed by atoms with Crippen LogP contribution in [0, 0.1) is 5.92 Å². The molecular formula is C19H20N6O2. The summed E-state index contributed by atoms with van der Waals surface area (Å²) in [6, 6.07) is 9.93. The summed E-state index contributed by atoms with van der Waals surface area (Å²) >= 11 is 0. The highest BCUT2D eigenvalue weighted by atomic mass is 16.7. The van der Waals surface area contributed by atoms with Crippen molar-refractivity contribution < 1.29 is 9.94 Å². The van der Waals surface area contributed by atoms with Gasteiger partial charge in [-0.1, -0.05) is 35.5 Å². The van der Waals surface area contributed by atoms with Gasteiger partial charge in [0.25, 0.3) is 0 Å². The first kappa shape index (κ1) is 16.2. The first-order valence-corrected chi connectivity index (χ1v) is 8.97. The molecule has 0 radical (unpaired) electrons. The van der Waals surface area contributed by atoms with Crippen LogP contribution in [0.4, 0.5) is 5.82 Å². The second-order valence-corrected chi connectivity index (χ2v) is 7.22. The highest BCUT2D eigenvalue weighted by molar-refractivity contribution is 6.03. The Labute approximate surface area is 156 Å². The van der Waals surface area contributed by atoms with Crippen LogP contribution < -0.4 is 4.90 Å². The predicted molar refractivity (Wildman–Crippen MR) is 101 cm³/mol. The molecule has 4 atom stereocenters. The van der Waals surface area contributed by atoms with E-state index in [1.165, 1.54) is 0 Å². The zero-order chi connectivity index (χ0) is 18.5. The zero-order valence-electron chi connectivity index (χ0n) is 15.1. The van der Waals surface area contributed by atoms with E-state index in [0.29, 0.717) is 6.42 Å². The van der Waals surface area contributed by atoms with Crippen LogP contribution >= 0.6 is 0 Å². The summed E-state index contributed by atoms with van der Waals surface area (Å²) in [5, 5.41) is 14.9. The SMILES string of the molecule is CN(C)c1ncnc2c1ncn2[C@@H]1C[C@H](O)[C@H]2ON=C(c3ccccc3)[C@H]21. The molecular weight excluding hydrogens is 344 g/mol. The number of aliphatic hydroxyl groups is 1. The van der Waals surface area contributed by atoms with E-state index in [1.54, 1.807) is 12.7 Å². The van der Waals surface area contributed by atoms with Gasteiger partial charge in [0, 0.05) is 14.1 Å². The van der Waals surface area contributed by atoms with Crippen molar-refractivity contribution >= 4 is 22.7 Å². The van der Waals surface area contributed by atoms with Crippen LogP contribution in [-0.2, 0) is 4.84 Å². The summed E-state index contributed by atoms with van der Waals surface area (Å²) in [6.07, 6.45) is 2.97. The average Bonchev–Trinajstić information content (AvgIpc) is 3.37. The molecule has 2 aromatic heterocycles. The molecule has 1 aliphatic carbocycles. The smallest absolute Gasteiger partial charge is 0.165 e. The van der Waals surface area contributed by atoms with Gasteiger partial charge in [-0.25, -0.2) is 15.0 Å². The minimum Gasteiger partial charge on any atom is -0.389 e. The third-order valence-electron chi connectivity index (χ3n) is 5.41. The van der Waals surface area contributed by atoms with Crippen molar-refractivity contribution in [2.45, 2.75) is 24.7 Å². The Balaban J connectivity index is 1.60. The molecule has 1 aromatic carbocycles. The summed E-state index contributed by atoms with van der Waals surface area (Å²) in [7, 11) is 3.86. The Hall–Kier alpha value is -3.00. The lowest BCUT2D eigenvalue weighted by Gasteiger charge is -2.20. The van der Waals surface area contributed by atoms with Crippen LogP contribution in [-0.4, -0.2) is 56.6 Å². The number of hydrogen-bond acceptors (Lipinski definition) is 7. The maximum absolute atomic E-state index is 10.6. The quantitative estimate of drug-likeness (QED) is 0.760. The lowest BCUT2D eigenvalue weighted by Crippen LogP contribution is -2.29. The van der Waals surface area contributed by atoms with Crippen molar-refractivity contribution in [1.82, 2.24) is 19.5 Å². The third kappa shape index (κ3) is 2.40. The number of aliphatic hydroxyl groups excluding tert-OH is 1. The van der Waals surface area contributed by atoms with Gasteiger partial charge in [0.15, 0.2) is 23.1 Å². The standard InChI is InChI=1S/C19H20N6O2/c1-24(2)18-16-19(21-9-20-18)25(10-22-16)12-8-13(26)17-14(12)15(23-27-17)11-6-4-3-5-7-11/h3-7,9-10,12-14,17,26H,8H2,1-2H3/t12-,13+,14-,17-/m1/s1. The number of hydrogen-bond donors (Lipinski definition) is 1. The van der Waals surface area contributed by atoms with Crippen LogP contribution in [0.15, 0.2) is 48.1 Å². The highest BCUT2D eigenvalue weighted by Gasteiger charge is 2.52. The molecule has 1 saturated carbocycles. The molecule has 138 valence electrons. The molecule has 8 nitrogen and oxygen atoms in total. The van der Waals surface area contributed by atoms with E-state index in [0.717, 1.165) is 28.3 Å². The molecule has 1 N–H and O–H groups in total. The molecule has 8 heteroatoms. The molecule has 0 unspecified atom stereocenters. The molecule has 27 heavy (non-hydrogen) atoms. The second-order valence-electron chi connectivity index (χ2n) is 7.22. The fourth-order valence-electron chi connectivity index (χ4n) is 4.19. The van der Waals surface area contributed by atoms with Gasteiger partial charge >= 0.3 is 0 Å². The molecule has 0 saturated heterocycles. The summed E-state index contributed by atoms with van der Waals surface area (Å²) in [5.41, 5.74) is 3.38. The van der Waals surface area contributed by atoms with E-state index in [9.17, 15) is 5.11 Å². The van der Waals surface area contributed by atoms with Gasteiger partial charge in [-0.2, -0.15) is 0 Å². The molecule has 1 aliphatic heterocycles. The molecule has 2 aliphatic rings. The van der Waals surface area contributed by atoms with E-state index in [4.69, 9.17) is 4.84 Å². The summed E-state index contributed by atoms with van der Waals surface area (Å²) in [6.45, 7) is 0. The van der Waals surface area contributed by atoms with Crippen LogP contribution in [0.2, 0.25) is 0 Å². The number of nitrogens with zero attached hydrogens (tertiary/aromatic N) is 6. The Bertz CT molecular complexity index is 1020. The Morgan fingerprint density at radius 3 is 2.74 bits per heavy atom. The number of oxime groups is 1. The Morgan fingerprint density at radius 2 is 1.96 bits per heavy atom. The van der Waals surface area contributed by atoms with Gasteiger partial charge < -0.3 is 19.4 Å². The van der Waals surface area contributed by atoms with Gasteiger partial charge in [-0.15, -0.1) is 0 Å². The molecule has 0 bridgehead atoms. The number of rotatable bonds is 3. The van der Waals surface area contributed by atoms with E-state index < -0.39 is 6.10 Å². The van der Waals surface area contributed by atoms with Crippen LogP contribution in [0.25, 0.3) is 11.2 Å². The van der Waals surface area contributed by atoms with Gasteiger partial charge in [-0.05, 0) is 12.0 Å². The van der Waals surface area contributed by atoms with Crippen LogP contribution in [0.5, 0.6) is 0 Å². The number of fused-ring (bicyclic) bond motifs is 2. The van der Waals surface area contributed by atoms with Gasteiger partial charge in [0.2, 0.25) is 0 Å². The molecule has 1 fully saturated rings. The lowest BCUT2D eigenvalue weighted by molar-refractivity contribution is -0.0104. The summed E-state index contributed by atoms with van der Waals surface area (Å²) < 4.78 is 2.03. The van der Waals surface area contributed by atoms with Crippen LogP contribution in [0.1, 0.15) is 18.0 Å². The predicted octanol–water partition coefficient (Wildman–Crippen LogP) is 1.62. The van der Waals surface area contributed by atoms with E-state index in [2.05, 4.69) is 20.1 Å². The van der Waals surface area contributed by atoms with Crippen molar-refractivity contribution in [3.8, 4) is 0 Å². The zero-order valence-corrected chi connectivity index (χ0v) is 15.1. The first-order chi connectivity index (χ1) is 13.1. The summed E-state index contributed by atoms with van der Waals surface area (Å²) in [4.78, 5) is 20.9. The van der Waals surface area contributed by atoms with Crippen molar-refractivity contribution in [2.24, 2.45) is 11.1 Å². The highest BCUT2D eigenvalue weighted by Crippen LogP contribution is 2.44. The molecule has 3 aromatic rings. The topological polar surface area (TPSA) is 88.7 Å². The normalized spacial score (nSPS) is 26.7. The van der Waals surface area contributed by atoms with Gasteiger partial charge in [0.05, 0.1) is 30.1 Å². The van der Waals surface area contributed by atoms with Crippen LogP contribution in [0.3, 0.4) is 0 Å². The maximum Gasteiger partial charge on any atom is 0.165 e. The fourth-order valence-corrected chi connectivity index (χ4v) is 4.19. The monoisotopic (exact) mass is 364 g/mol. The number of anilines is 1. The minimum absolute atomic E-state index is 0.0404. The maximum atomic E-state index is 10.6. The van der Waals surface area contributed by atoms with E-state index in [-0.39, 0.29) is 18.1 Å². The van der Waals surface area contributed by atoms with Crippen molar-refractivity contribution in [1.29, 1.82) is 0 Å². The average molecular weight is 364 g/mol. The van der Waals surface area contributed by atoms with Gasteiger partial charge in [0.1, 0.15) is 6.33 Å². The largest absolute Gasteiger partial charge is 0.389 e. The van der Waals surface area contributed by atoms with Crippen molar-refractivity contribution in [3.63, 3.8) is 0 Å². The number of benzene rings is 1. The lowest BCUT2D eigenvalue weighted by atomic mass is 9.91. The van der Waals surface area contributed by atoms with Gasteiger partial charge in [-0.3, -0.25) is 0 Å². The van der Waals surface area contributed by atoms with E-state index in [1.807, 2.05) is 53.9 Å². The number of aromatic nitrogens is 4. The molecule has 0 amide bonds. The van der Waals surface area contributed by atoms with Crippen molar-refractivity contribution in [2.75, 3.05) is 19.0 Å². The summed E-state index contributed by atoms with van der Waals surface area (Å²) in [5.74, 6) is 0.714. The molecule has 3 heterocycles. The Kier molecular flexibility index (Phi) is 3.61. The van der Waals surface area contributed by atoms with E-state index >= 15 is 0 Å². The molecule has 5 rings (SSSR count). The van der Waals surface area contributed by atoms with Crippen molar-refractivity contribution in [3.05, 3.63) is 48.5 Å².